The lowest BCUT2D eigenvalue weighted by atomic mass is 10.3. The first kappa shape index (κ1) is 12.6. The third kappa shape index (κ3) is 3.08. The molecule has 4 nitrogen and oxygen atoms in total. The predicted molar refractivity (Wildman–Crippen MR) is 76.6 cm³/mol. The molecule has 0 aliphatic rings. The average Bonchev–Trinajstić information content (AvgIpc) is 2.28. The highest BCUT2D eigenvalue weighted by atomic mass is 79.9. The summed E-state index contributed by atoms with van der Waals surface area (Å²) in [5.41, 5.74) is 6.34. The molecule has 0 aliphatic heterocycles. The minimum absolute atomic E-state index is 0.169. The monoisotopic (exact) mass is 376 g/mol. The first-order valence-corrected chi connectivity index (χ1v) is 6.53. The second kappa shape index (κ2) is 5.20. The molecule has 0 unspecified atom stereocenters. The van der Waals surface area contributed by atoms with Gasteiger partial charge in [0.15, 0.2) is 5.82 Å². The number of nitrogen functional groups attached to an aromatic ring is 1. The topological polar surface area (TPSA) is 63.8 Å². The van der Waals surface area contributed by atoms with Crippen LogP contribution in [0.15, 0.2) is 33.3 Å². The molecule has 2 rings (SSSR count). The van der Waals surface area contributed by atoms with Crippen molar-refractivity contribution in [3.8, 4) is 0 Å². The fourth-order valence-electron chi connectivity index (χ4n) is 1.19. The number of nitrogens with zero attached hydrogens (tertiary/aromatic N) is 2. The van der Waals surface area contributed by atoms with Gasteiger partial charge in [-0.25, -0.2) is 4.98 Å². The number of nitrogens with one attached hydrogen (secondary N) is 1. The van der Waals surface area contributed by atoms with Gasteiger partial charge in [-0.3, -0.25) is 0 Å². The molecule has 0 aliphatic carbocycles. The van der Waals surface area contributed by atoms with Gasteiger partial charge >= 0.3 is 0 Å². The van der Waals surface area contributed by atoms with Gasteiger partial charge in [-0.05, 0) is 34.1 Å². The second-order valence-electron chi connectivity index (χ2n) is 3.17. The van der Waals surface area contributed by atoms with Gasteiger partial charge in [0, 0.05) is 8.95 Å². The highest BCUT2D eigenvalue weighted by Gasteiger charge is 2.07. The number of aromatic nitrogens is 2. The molecule has 1 aromatic heterocycles. The van der Waals surface area contributed by atoms with Crippen LogP contribution in [0.25, 0.3) is 0 Å². The lowest BCUT2D eigenvalue weighted by molar-refractivity contribution is 1.18. The number of hydrogen-bond donors (Lipinski definition) is 2. The zero-order chi connectivity index (χ0) is 12.4. The van der Waals surface area contributed by atoms with Crippen LogP contribution in [0.5, 0.6) is 0 Å². The molecule has 2 aromatic rings. The minimum atomic E-state index is 0.169. The molecule has 88 valence electrons. The molecule has 17 heavy (non-hydrogen) atoms. The normalized spacial score (nSPS) is 10.3. The molecule has 0 amide bonds. The number of rotatable bonds is 2. The summed E-state index contributed by atoms with van der Waals surface area (Å²) in [5.74, 6) is 0.640. The highest BCUT2D eigenvalue weighted by Crippen LogP contribution is 2.30. The van der Waals surface area contributed by atoms with E-state index < -0.39 is 0 Å². The van der Waals surface area contributed by atoms with Crippen molar-refractivity contribution < 1.29 is 0 Å². The van der Waals surface area contributed by atoms with E-state index in [1.807, 2.05) is 18.2 Å². The molecule has 0 spiro atoms. The SMILES string of the molecule is Nc1ncc(Cl)c(Nc2cc(Br)ccc2Br)n1. The van der Waals surface area contributed by atoms with Crippen LogP contribution in [-0.2, 0) is 0 Å². The Balaban J connectivity index is 2.37. The lowest BCUT2D eigenvalue weighted by Gasteiger charge is -2.09. The Morgan fingerprint density at radius 1 is 1.29 bits per heavy atom. The maximum Gasteiger partial charge on any atom is 0.222 e. The first-order chi connectivity index (χ1) is 8.06. The average molecular weight is 378 g/mol. The molecular weight excluding hydrogens is 371 g/mol. The Kier molecular flexibility index (Phi) is 3.86. The summed E-state index contributed by atoms with van der Waals surface area (Å²) < 4.78 is 1.84. The van der Waals surface area contributed by atoms with E-state index in [0.29, 0.717) is 10.8 Å². The van der Waals surface area contributed by atoms with Gasteiger partial charge in [0.1, 0.15) is 5.02 Å². The number of anilines is 3. The summed E-state index contributed by atoms with van der Waals surface area (Å²) in [6.45, 7) is 0. The van der Waals surface area contributed by atoms with Crippen LogP contribution in [0, 0.1) is 0 Å². The van der Waals surface area contributed by atoms with Gasteiger partial charge in [-0.2, -0.15) is 4.98 Å². The van der Waals surface area contributed by atoms with E-state index in [-0.39, 0.29) is 5.95 Å². The van der Waals surface area contributed by atoms with Crippen molar-refractivity contribution in [3.05, 3.63) is 38.4 Å². The fraction of sp³-hybridized carbons (Fsp3) is 0. The van der Waals surface area contributed by atoms with E-state index in [1.165, 1.54) is 6.20 Å². The molecule has 0 saturated carbocycles. The molecule has 0 radical (unpaired) electrons. The molecule has 0 bridgehead atoms. The molecule has 0 saturated heterocycles. The van der Waals surface area contributed by atoms with E-state index in [1.54, 1.807) is 0 Å². The van der Waals surface area contributed by atoms with Crippen LogP contribution in [0.3, 0.4) is 0 Å². The number of benzene rings is 1. The van der Waals surface area contributed by atoms with Crippen molar-refractivity contribution in [2.45, 2.75) is 0 Å². The summed E-state index contributed by atoms with van der Waals surface area (Å²) in [6.07, 6.45) is 1.46. The van der Waals surface area contributed by atoms with Crippen LogP contribution < -0.4 is 11.1 Å². The van der Waals surface area contributed by atoms with Gasteiger partial charge in [0.2, 0.25) is 5.95 Å². The maximum atomic E-state index is 5.97. The van der Waals surface area contributed by atoms with Crippen LogP contribution >= 0.6 is 43.5 Å². The van der Waals surface area contributed by atoms with Crippen molar-refractivity contribution >= 4 is 60.9 Å². The van der Waals surface area contributed by atoms with E-state index in [0.717, 1.165) is 14.6 Å². The fourth-order valence-corrected chi connectivity index (χ4v) is 2.03. The number of nitrogens with two attached hydrogens (primary N) is 1. The van der Waals surface area contributed by atoms with Crippen LogP contribution in [0.1, 0.15) is 0 Å². The molecule has 7 heteroatoms. The molecule has 3 N–H and O–H groups in total. The summed E-state index contributed by atoms with van der Waals surface area (Å²) in [5, 5.41) is 3.49. The van der Waals surface area contributed by atoms with Gasteiger partial charge in [-0.15, -0.1) is 0 Å². The Morgan fingerprint density at radius 2 is 2.06 bits per heavy atom. The Hall–Kier alpha value is -0.850. The zero-order valence-corrected chi connectivity index (χ0v) is 12.3. The van der Waals surface area contributed by atoms with E-state index in [9.17, 15) is 0 Å². The molecule has 0 atom stereocenters. The van der Waals surface area contributed by atoms with E-state index in [2.05, 4.69) is 47.1 Å². The second-order valence-corrected chi connectivity index (χ2v) is 5.35. The van der Waals surface area contributed by atoms with Gasteiger partial charge in [0.25, 0.3) is 0 Å². The zero-order valence-electron chi connectivity index (χ0n) is 8.42. The van der Waals surface area contributed by atoms with Crippen molar-refractivity contribution in [2.75, 3.05) is 11.1 Å². The van der Waals surface area contributed by atoms with Crippen molar-refractivity contribution in [2.24, 2.45) is 0 Å². The number of hydrogen-bond acceptors (Lipinski definition) is 4. The highest BCUT2D eigenvalue weighted by molar-refractivity contribution is 9.11. The van der Waals surface area contributed by atoms with Gasteiger partial charge in [0.05, 0.1) is 11.9 Å². The minimum Gasteiger partial charge on any atom is -0.368 e. The van der Waals surface area contributed by atoms with E-state index >= 15 is 0 Å². The Bertz CT molecular complexity index is 512. The number of halogens is 3. The van der Waals surface area contributed by atoms with Crippen LogP contribution in [0.4, 0.5) is 17.5 Å². The summed E-state index contributed by atoms with van der Waals surface area (Å²) in [6, 6.07) is 5.73. The molecular formula is C10H7Br2ClN4. The summed E-state index contributed by atoms with van der Waals surface area (Å²) >= 11 is 12.8. The largest absolute Gasteiger partial charge is 0.368 e. The smallest absolute Gasteiger partial charge is 0.222 e. The van der Waals surface area contributed by atoms with Crippen molar-refractivity contribution in [1.82, 2.24) is 9.97 Å². The van der Waals surface area contributed by atoms with Gasteiger partial charge < -0.3 is 11.1 Å². The Labute approximate surface area is 120 Å². The standard InChI is InChI=1S/C10H7Br2ClN4/c11-5-1-2-6(12)8(3-5)16-9-7(13)4-15-10(14)17-9/h1-4H,(H3,14,15,16,17). The van der Waals surface area contributed by atoms with Crippen LogP contribution in [0.2, 0.25) is 5.02 Å². The summed E-state index contributed by atoms with van der Waals surface area (Å²) in [7, 11) is 0. The Morgan fingerprint density at radius 3 is 2.82 bits per heavy atom. The molecule has 1 aromatic carbocycles. The first-order valence-electron chi connectivity index (χ1n) is 4.56. The third-order valence-electron chi connectivity index (χ3n) is 1.94. The van der Waals surface area contributed by atoms with Crippen molar-refractivity contribution in [3.63, 3.8) is 0 Å². The predicted octanol–water partition coefficient (Wildman–Crippen LogP) is 3.98. The lowest BCUT2D eigenvalue weighted by Crippen LogP contribution is -2.00. The van der Waals surface area contributed by atoms with Gasteiger partial charge in [-0.1, -0.05) is 27.5 Å². The van der Waals surface area contributed by atoms with Crippen LogP contribution in [-0.4, -0.2) is 9.97 Å². The molecule has 0 fully saturated rings. The third-order valence-corrected chi connectivity index (χ3v) is 3.41. The van der Waals surface area contributed by atoms with E-state index in [4.69, 9.17) is 17.3 Å². The molecule has 1 heterocycles. The quantitative estimate of drug-likeness (QED) is 0.830. The summed E-state index contributed by atoms with van der Waals surface area (Å²) in [4.78, 5) is 7.82. The maximum absolute atomic E-state index is 5.97. The van der Waals surface area contributed by atoms with Crippen molar-refractivity contribution in [1.29, 1.82) is 0 Å².